The molecule has 4 aromatic carbocycles. The summed E-state index contributed by atoms with van der Waals surface area (Å²) in [7, 11) is 1.68. The average Bonchev–Trinajstić information content (AvgIpc) is 3.93. The molecule has 0 saturated carbocycles. The first-order valence-corrected chi connectivity index (χ1v) is 16.3. The Balaban J connectivity index is 1.07. The molecule has 1 fully saturated rings. The summed E-state index contributed by atoms with van der Waals surface area (Å²) in [5.74, 6) is 3.07. The van der Waals surface area contributed by atoms with Crippen LogP contribution in [-0.4, -0.2) is 63.6 Å². The molecule has 7 heteroatoms. The molecule has 7 nitrogen and oxygen atoms in total. The van der Waals surface area contributed by atoms with Crippen LogP contribution in [0.3, 0.4) is 0 Å². The molecule has 0 radical (unpaired) electrons. The van der Waals surface area contributed by atoms with E-state index in [-0.39, 0.29) is 36.3 Å². The molecule has 1 N–H and O–H groups in total. The molecule has 0 aromatic heterocycles. The number of hydrogen-bond donors (Lipinski definition) is 1. The van der Waals surface area contributed by atoms with Crippen molar-refractivity contribution in [1.82, 2.24) is 0 Å². The van der Waals surface area contributed by atoms with Crippen LogP contribution in [0.2, 0.25) is 0 Å². The van der Waals surface area contributed by atoms with Crippen molar-refractivity contribution in [3.05, 3.63) is 119 Å². The predicted molar refractivity (Wildman–Crippen MR) is 184 cm³/mol. The molecule has 0 bridgehead atoms. The van der Waals surface area contributed by atoms with E-state index >= 15 is 0 Å². The van der Waals surface area contributed by atoms with Gasteiger partial charge in [0.25, 0.3) is 0 Å². The predicted octanol–water partition coefficient (Wildman–Crippen LogP) is 7.35. The lowest BCUT2D eigenvalue weighted by atomic mass is 9.78. The van der Waals surface area contributed by atoms with Crippen LogP contribution >= 0.6 is 0 Å². The lowest BCUT2D eigenvalue weighted by Crippen LogP contribution is -2.25. The number of aliphatic hydroxyl groups is 1. The van der Waals surface area contributed by atoms with E-state index in [0.29, 0.717) is 24.7 Å². The van der Waals surface area contributed by atoms with Crippen LogP contribution in [0.1, 0.15) is 56.9 Å². The summed E-state index contributed by atoms with van der Waals surface area (Å²) < 4.78 is 33.8. The van der Waals surface area contributed by atoms with E-state index in [0.717, 1.165) is 23.7 Å². The van der Waals surface area contributed by atoms with Gasteiger partial charge in [0, 0.05) is 17.9 Å². The van der Waals surface area contributed by atoms with E-state index in [2.05, 4.69) is 76.2 Å². The smallest absolute Gasteiger partial charge is 0.122 e. The van der Waals surface area contributed by atoms with E-state index in [1.807, 2.05) is 55.5 Å². The molecule has 47 heavy (non-hydrogen) atoms. The third-order valence-corrected chi connectivity index (χ3v) is 8.91. The van der Waals surface area contributed by atoms with Crippen LogP contribution in [0.15, 0.2) is 97.1 Å². The number of rotatable bonds is 17. The molecule has 1 heterocycles. The molecule has 1 aliphatic heterocycles. The molecule has 3 unspecified atom stereocenters. The fraction of sp³-hybridized carbons (Fsp3) is 0.400. The number of epoxide rings is 1. The lowest BCUT2D eigenvalue weighted by molar-refractivity contribution is 0.0626. The van der Waals surface area contributed by atoms with E-state index in [4.69, 9.17) is 28.4 Å². The Kier molecular flexibility index (Phi) is 11.1. The average molecular weight is 641 g/mol. The maximum Gasteiger partial charge on any atom is 0.122 e. The normalized spacial score (nSPS) is 15.9. The van der Waals surface area contributed by atoms with Crippen LogP contribution in [0, 0.1) is 0 Å². The Hall–Kier alpha value is -4.04. The third kappa shape index (κ3) is 9.28. The topological polar surface area (TPSA) is 78.9 Å². The van der Waals surface area contributed by atoms with Crippen LogP contribution in [0.4, 0.5) is 0 Å². The summed E-state index contributed by atoms with van der Waals surface area (Å²) in [6.07, 6.45) is -0.494. The van der Waals surface area contributed by atoms with Crippen molar-refractivity contribution in [2.24, 2.45) is 0 Å². The van der Waals surface area contributed by atoms with Crippen LogP contribution in [0.25, 0.3) is 0 Å². The summed E-state index contributed by atoms with van der Waals surface area (Å²) in [5, 5.41) is 10.6. The largest absolute Gasteiger partial charge is 0.491 e. The second-order valence-corrected chi connectivity index (χ2v) is 13.2. The SMILES string of the molecule is COC(C)COc1ccc(C(C)(C)c2ccc(OCC(O)COc3ccc(C(C)(C)c4ccc(OCC5CO5)cc4)cc3)cc2)cc1. The van der Waals surface area contributed by atoms with Crippen molar-refractivity contribution < 1.29 is 33.5 Å². The van der Waals surface area contributed by atoms with Gasteiger partial charge in [-0.2, -0.15) is 0 Å². The molecule has 1 aliphatic rings. The number of methoxy groups -OCH3 is 1. The number of benzene rings is 4. The Morgan fingerprint density at radius 3 is 1.23 bits per heavy atom. The summed E-state index contributed by atoms with van der Waals surface area (Å²) >= 11 is 0. The highest BCUT2D eigenvalue weighted by atomic mass is 16.6. The fourth-order valence-corrected chi connectivity index (χ4v) is 5.27. The van der Waals surface area contributed by atoms with Gasteiger partial charge in [-0.25, -0.2) is 0 Å². The second-order valence-electron chi connectivity index (χ2n) is 13.2. The third-order valence-electron chi connectivity index (χ3n) is 8.91. The highest BCUT2D eigenvalue weighted by molar-refractivity contribution is 5.43. The van der Waals surface area contributed by atoms with Crippen molar-refractivity contribution in [2.45, 2.75) is 63.8 Å². The van der Waals surface area contributed by atoms with E-state index < -0.39 is 6.10 Å². The molecular formula is C40H48O7. The molecule has 1 saturated heterocycles. The lowest BCUT2D eigenvalue weighted by Gasteiger charge is -2.27. The van der Waals surface area contributed by atoms with Crippen molar-refractivity contribution in [3.8, 4) is 23.0 Å². The van der Waals surface area contributed by atoms with Gasteiger partial charge in [0.2, 0.25) is 0 Å². The van der Waals surface area contributed by atoms with Gasteiger partial charge in [0.15, 0.2) is 0 Å². The zero-order chi connectivity index (χ0) is 33.4. The Morgan fingerprint density at radius 1 is 0.596 bits per heavy atom. The monoisotopic (exact) mass is 640 g/mol. The highest BCUT2D eigenvalue weighted by Crippen LogP contribution is 2.35. The molecule has 4 aromatic rings. The van der Waals surface area contributed by atoms with E-state index in [9.17, 15) is 5.11 Å². The molecule has 5 rings (SSSR count). The van der Waals surface area contributed by atoms with E-state index in [1.54, 1.807) is 7.11 Å². The van der Waals surface area contributed by atoms with Crippen molar-refractivity contribution in [2.75, 3.05) is 40.1 Å². The summed E-state index contributed by atoms with van der Waals surface area (Å²) in [5.41, 5.74) is 4.30. The van der Waals surface area contributed by atoms with Gasteiger partial charge >= 0.3 is 0 Å². The van der Waals surface area contributed by atoms with Crippen molar-refractivity contribution in [3.63, 3.8) is 0 Å². The Bertz CT molecular complexity index is 1520. The summed E-state index contributed by atoms with van der Waals surface area (Å²) in [6.45, 7) is 12.9. The van der Waals surface area contributed by atoms with Gasteiger partial charge in [0.05, 0.1) is 12.7 Å². The minimum absolute atomic E-state index is 0.0420. The van der Waals surface area contributed by atoms with Crippen molar-refractivity contribution >= 4 is 0 Å². The first-order chi connectivity index (χ1) is 22.5. The molecule has 3 atom stereocenters. The molecule has 0 amide bonds. The second kappa shape index (κ2) is 15.2. The number of ether oxygens (including phenoxy) is 6. The minimum atomic E-state index is -0.776. The van der Waals surface area contributed by atoms with E-state index in [1.165, 1.54) is 16.7 Å². The van der Waals surface area contributed by atoms with Crippen molar-refractivity contribution in [1.29, 1.82) is 0 Å². The van der Waals surface area contributed by atoms with Gasteiger partial charge in [-0.3, -0.25) is 0 Å². The first-order valence-electron chi connectivity index (χ1n) is 16.3. The van der Waals surface area contributed by atoms with Crippen LogP contribution < -0.4 is 18.9 Å². The summed E-state index contributed by atoms with van der Waals surface area (Å²) in [4.78, 5) is 0. The molecule has 0 aliphatic carbocycles. The molecular weight excluding hydrogens is 592 g/mol. The molecule has 0 spiro atoms. The van der Waals surface area contributed by atoms with Gasteiger partial charge in [-0.05, 0) is 77.7 Å². The minimum Gasteiger partial charge on any atom is -0.491 e. The number of aliphatic hydroxyl groups excluding tert-OH is 1. The fourth-order valence-electron chi connectivity index (χ4n) is 5.27. The van der Waals surface area contributed by atoms with Gasteiger partial charge in [-0.15, -0.1) is 0 Å². The maximum atomic E-state index is 10.6. The van der Waals surface area contributed by atoms with Gasteiger partial charge < -0.3 is 33.5 Å². The zero-order valence-electron chi connectivity index (χ0n) is 28.4. The molecule has 250 valence electrons. The maximum absolute atomic E-state index is 10.6. The quantitative estimate of drug-likeness (QED) is 0.121. The Labute approximate surface area is 279 Å². The number of hydrogen-bond acceptors (Lipinski definition) is 7. The van der Waals surface area contributed by atoms with Crippen LogP contribution in [0.5, 0.6) is 23.0 Å². The first kappa shape index (κ1) is 34.3. The van der Waals surface area contributed by atoms with Gasteiger partial charge in [-0.1, -0.05) is 76.2 Å². The summed E-state index contributed by atoms with van der Waals surface area (Å²) in [6, 6.07) is 32.5. The van der Waals surface area contributed by atoms with Gasteiger partial charge in [0.1, 0.15) is 61.6 Å². The van der Waals surface area contributed by atoms with Crippen LogP contribution in [-0.2, 0) is 20.3 Å². The Morgan fingerprint density at radius 2 is 0.915 bits per heavy atom. The zero-order valence-corrected chi connectivity index (χ0v) is 28.4. The highest BCUT2D eigenvalue weighted by Gasteiger charge is 2.26. The standard InChI is InChI=1S/C40H48O7/c1-28(42-6)23-43-34-15-7-29(8-16-34)39(2,3)30-9-17-35(18-10-30)44-24-33(41)25-45-36-19-11-31(12-20-36)40(4,5)32-13-21-37(22-14-32)46-26-38-27-47-38/h7-22,28,33,38,41H,23-27H2,1-6H3.